The molecule has 3 aliphatic heterocycles. The number of hydrogen-bond acceptors (Lipinski definition) is 8. The van der Waals surface area contributed by atoms with E-state index in [0.29, 0.717) is 18.9 Å². The van der Waals surface area contributed by atoms with Crippen LogP contribution in [0.2, 0.25) is 0 Å². The number of guanidine groups is 1. The van der Waals surface area contributed by atoms with Crippen LogP contribution in [-0.2, 0) is 17.8 Å². The van der Waals surface area contributed by atoms with Crippen LogP contribution >= 0.6 is 0 Å². The molecule has 1 unspecified atom stereocenters. The normalized spacial score (nSPS) is 22.2. The molecule has 1 aromatic carbocycles. The third-order valence-corrected chi connectivity index (χ3v) is 5.38. The summed E-state index contributed by atoms with van der Waals surface area (Å²) in [6.45, 7) is 2.65. The molecule has 9 heteroatoms. The Balaban J connectivity index is 1.30. The Morgan fingerprint density at radius 2 is 2.14 bits per heavy atom. The van der Waals surface area contributed by atoms with Gasteiger partial charge in [-0.2, -0.15) is 0 Å². The van der Waals surface area contributed by atoms with Crippen molar-refractivity contribution < 1.29 is 15.0 Å². The van der Waals surface area contributed by atoms with Crippen molar-refractivity contribution in [1.82, 2.24) is 15.1 Å². The molecule has 4 rings (SSSR count). The number of nitrogens with one attached hydrogen (secondary N) is 1. The molecule has 0 radical (unpaired) electrons. The summed E-state index contributed by atoms with van der Waals surface area (Å²) in [5.74, 6) is 0.292. The summed E-state index contributed by atoms with van der Waals surface area (Å²) in [6.07, 6.45) is 1.83. The topological polar surface area (TPSA) is 127 Å². The Bertz CT molecular complexity index is 881. The highest BCUT2D eigenvalue weighted by molar-refractivity contribution is 6.13. The van der Waals surface area contributed by atoms with Crippen LogP contribution in [0.5, 0.6) is 0 Å². The van der Waals surface area contributed by atoms with Gasteiger partial charge in [-0.25, -0.2) is 4.99 Å². The first-order chi connectivity index (χ1) is 14.0. The van der Waals surface area contributed by atoms with Crippen LogP contribution in [0.15, 0.2) is 46.0 Å². The van der Waals surface area contributed by atoms with Crippen molar-refractivity contribution in [1.29, 1.82) is 0 Å². The summed E-state index contributed by atoms with van der Waals surface area (Å²) >= 11 is 0. The van der Waals surface area contributed by atoms with Gasteiger partial charge in [-0.3, -0.25) is 19.6 Å². The maximum atomic E-state index is 12.5. The van der Waals surface area contributed by atoms with Crippen LogP contribution in [-0.4, -0.2) is 82.6 Å². The minimum atomic E-state index is -0.686. The number of β-amino-alcohol motifs (C(OH)–C–C–N with tert-alkyl or cyclic N) is 1. The number of rotatable bonds is 6. The zero-order valence-corrected chi connectivity index (χ0v) is 16.2. The highest BCUT2D eigenvalue weighted by atomic mass is 16.3. The second-order valence-electron chi connectivity index (χ2n) is 7.55. The van der Waals surface area contributed by atoms with Crippen LogP contribution in [0, 0.1) is 0 Å². The van der Waals surface area contributed by atoms with Crippen LogP contribution in [0.3, 0.4) is 0 Å². The molecule has 0 aromatic heterocycles. The number of aliphatic hydroxyl groups is 2. The molecule has 0 bridgehead atoms. The van der Waals surface area contributed by atoms with E-state index in [1.165, 1.54) is 11.1 Å². The van der Waals surface area contributed by atoms with E-state index in [4.69, 9.17) is 5.73 Å². The molecule has 3 heterocycles. The van der Waals surface area contributed by atoms with E-state index < -0.39 is 12.0 Å². The van der Waals surface area contributed by atoms with Crippen molar-refractivity contribution in [2.75, 3.05) is 32.8 Å². The maximum Gasteiger partial charge on any atom is 0.270 e. The molecule has 0 aliphatic carbocycles. The molecule has 9 nitrogen and oxygen atoms in total. The Morgan fingerprint density at radius 3 is 2.93 bits per heavy atom. The number of amidine groups is 1. The number of aliphatic hydroxyl groups excluding tert-OH is 2. The lowest BCUT2D eigenvalue weighted by Crippen LogP contribution is -2.45. The molecular weight excluding hydrogens is 372 g/mol. The zero-order chi connectivity index (χ0) is 20.4. The lowest BCUT2D eigenvalue weighted by atomic mass is 10.00. The molecule has 0 fully saturated rings. The van der Waals surface area contributed by atoms with Crippen LogP contribution in [0.1, 0.15) is 11.1 Å². The fraction of sp³-hybridized carbons (Fsp3) is 0.450. The van der Waals surface area contributed by atoms with E-state index >= 15 is 0 Å². The molecule has 0 saturated carbocycles. The third-order valence-electron chi connectivity index (χ3n) is 5.38. The van der Waals surface area contributed by atoms with Crippen molar-refractivity contribution in [3.8, 4) is 0 Å². The number of amides is 1. The summed E-state index contributed by atoms with van der Waals surface area (Å²) in [5, 5.41) is 22.3. The van der Waals surface area contributed by atoms with Crippen molar-refractivity contribution >= 4 is 17.7 Å². The Labute approximate surface area is 169 Å². The van der Waals surface area contributed by atoms with Gasteiger partial charge in [0.15, 0.2) is 0 Å². The predicted octanol–water partition coefficient (Wildman–Crippen LogP) is -1.19. The number of fused-ring (bicyclic) bond motifs is 2. The van der Waals surface area contributed by atoms with Crippen molar-refractivity contribution in [2.45, 2.75) is 25.1 Å². The number of hydrogen-bond donors (Lipinski definition) is 4. The van der Waals surface area contributed by atoms with Gasteiger partial charge in [0, 0.05) is 32.3 Å². The van der Waals surface area contributed by atoms with Gasteiger partial charge in [0.25, 0.3) is 5.91 Å². The molecule has 154 valence electrons. The standard InChI is InChI=1S/C20H26N6O3/c21-20-24-17(7-18-23-15(12-27)10-26(18)20)19(29)22-8-16(28)11-25-6-5-13-3-1-2-4-14(13)9-25/h1-4,7,15-16,27-28H,5-6,8-12H2,(H2,21,24)(H,22,29)/t15?,16-/m0/s1. The second kappa shape index (κ2) is 8.32. The SMILES string of the molecule is NC1=NC(C(=O)NC[C@H](O)CN2CCc3ccccc3C2)=CC2=NC(CO)CN12. The van der Waals surface area contributed by atoms with Gasteiger partial charge in [0.2, 0.25) is 5.96 Å². The summed E-state index contributed by atoms with van der Waals surface area (Å²) < 4.78 is 0. The lowest BCUT2D eigenvalue weighted by molar-refractivity contribution is -0.118. The van der Waals surface area contributed by atoms with Crippen molar-refractivity contribution in [3.05, 3.63) is 47.2 Å². The minimum absolute atomic E-state index is 0.0875. The summed E-state index contributed by atoms with van der Waals surface area (Å²) in [4.78, 5) is 24.8. The van der Waals surface area contributed by atoms with E-state index in [9.17, 15) is 15.0 Å². The van der Waals surface area contributed by atoms with Gasteiger partial charge < -0.3 is 21.3 Å². The minimum Gasteiger partial charge on any atom is -0.394 e. The zero-order valence-electron chi connectivity index (χ0n) is 16.2. The molecule has 1 amide bonds. The number of nitrogens with two attached hydrogens (primary N) is 1. The Morgan fingerprint density at radius 1 is 1.34 bits per heavy atom. The van der Waals surface area contributed by atoms with Crippen LogP contribution < -0.4 is 11.1 Å². The number of aliphatic imine (C=N–C) groups is 2. The molecule has 3 aliphatic rings. The monoisotopic (exact) mass is 398 g/mol. The molecular formula is C20H26N6O3. The summed E-state index contributed by atoms with van der Waals surface area (Å²) in [7, 11) is 0. The largest absolute Gasteiger partial charge is 0.394 e. The lowest BCUT2D eigenvalue weighted by Gasteiger charge is -2.30. The molecule has 29 heavy (non-hydrogen) atoms. The van der Waals surface area contributed by atoms with Crippen LogP contribution in [0.4, 0.5) is 0 Å². The molecule has 0 spiro atoms. The van der Waals surface area contributed by atoms with E-state index in [-0.39, 0.29) is 30.9 Å². The average molecular weight is 398 g/mol. The van der Waals surface area contributed by atoms with E-state index in [2.05, 4.69) is 32.3 Å². The van der Waals surface area contributed by atoms with Crippen molar-refractivity contribution in [3.63, 3.8) is 0 Å². The molecule has 5 N–H and O–H groups in total. The number of nitrogens with zero attached hydrogens (tertiary/aromatic N) is 4. The summed E-state index contributed by atoms with van der Waals surface area (Å²) in [6, 6.07) is 8.07. The third kappa shape index (κ3) is 4.31. The maximum absolute atomic E-state index is 12.5. The Hall–Kier alpha value is -2.75. The highest BCUT2D eigenvalue weighted by Gasteiger charge is 2.30. The first kappa shape index (κ1) is 19.6. The second-order valence-corrected chi connectivity index (χ2v) is 7.55. The highest BCUT2D eigenvalue weighted by Crippen LogP contribution is 2.19. The number of benzene rings is 1. The predicted molar refractivity (Wildman–Crippen MR) is 109 cm³/mol. The van der Waals surface area contributed by atoms with E-state index in [0.717, 1.165) is 19.5 Å². The Kier molecular flexibility index (Phi) is 5.61. The quantitative estimate of drug-likeness (QED) is 0.477. The van der Waals surface area contributed by atoms with Gasteiger partial charge in [0.1, 0.15) is 11.5 Å². The van der Waals surface area contributed by atoms with E-state index in [1.54, 1.807) is 11.0 Å². The first-order valence-electron chi connectivity index (χ1n) is 9.81. The molecule has 1 aromatic rings. The van der Waals surface area contributed by atoms with E-state index in [1.807, 2.05) is 12.1 Å². The number of carbonyl (C=O) groups excluding carboxylic acids is 1. The smallest absolute Gasteiger partial charge is 0.270 e. The van der Waals surface area contributed by atoms with Gasteiger partial charge in [-0.05, 0) is 17.5 Å². The van der Waals surface area contributed by atoms with Gasteiger partial charge >= 0.3 is 0 Å². The molecule has 2 atom stereocenters. The van der Waals surface area contributed by atoms with Crippen molar-refractivity contribution in [2.24, 2.45) is 15.7 Å². The van der Waals surface area contributed by atoms with Gasteiger partial charge in [-0.1, -0.05) is 24.3 Å². The fourth-order valence-electron chi connectivity index (χ4n) is 3.85. The van der Waals surface area contributed by atoms with Crippen LogP contribution in [0.25, 0.3) is 0 Å². The number of carbonyl (C=O) groups is 1. The first-order valence-corrected chi connectivity index (χ1v) is 9.81. The average Bonchev–Trinajstić information content (AvgIpc) is 3.16. The summed E-state index contributed by atoms with van der Waals surface area (Å²) in [5.41, 5.74) is 8.72. The molecule has 0 saturated heterocycles. The van der Waals surface area contributed by atoms with Gasteiger partial charge in [0.05, 0.1) is 25.3 Å². The fourth-order valence-corrected chi connectivity index (χ4v) is 3.85. The van der Waals surface area contributed by atoms with Gasteiger partial charge in [-0.15, -0.1) is 0 Å².